The van der Waals surface area contributed by atoms with Crippen LogP contribution >= 0.6 is 11.6 Å². The van der Waals surface area contributed by atoms with Crippen molar-refractivity contribution in [3.63, 3.8) is 0 Å². The summed E-state index contributed by atoms with van der Waals surface area (Å²) in [6.45, 7) is 4.64. The highest BCUT2D eigenvalue weighted by Crippen LogP contribution is 2.30. The summed E-state index contributed by atoms with van der Waals surface area (Å²) in [5.41, 5.74) is 2.45. The van der Waals surface area contributed by atoms with Gasteiger partial charge in [0.15, 0.2) is 0 Å². The minimum Gasteiger partial charge on any atom is -0.382 e. The van der Waals surface area contributed by atoms with Crippen molar-refractivity contribution in [2.75, 3.05) is 0 Å². The topological polar surface area (TPSA) is 38.0 Å². The van der Waals surface area contributed by atoms with Crippen LogP contribution in [0.25, 0.3) is 0 Å². The molecule has 0 aliphatic heterocycles. The third-order valence-electron chi connectivity index (χ3n) is 2.85. The minimum atomic E-state index is -0.732. The summed E-state index contributed by atoms with van der Waals surface area (Å²) in [5, 5.41) is 15.1. The Labute approximate surface area is 106 Å². The molecule has 0 amide bonds. The normalized spacial score (nSPS) is 12.7. The van der Waals surface area contributed by atoms with Crippen LogP contribution in [0.2, 0.25) is 5.02 Å². The van der Waals surface area contributed by atoms with Crippen LogP contribution in [0.5, 0.6) is 0 Å². The Morgan fingerprint density at radius 2 is 2.18 bits per heavy atom. The molecule has 0 radical (unpaired) electrons. The van der Waals surface area contributed by atoms with Crippen molar-refractivity contribution in [2.45, 2.75) is 26.5 Å². The maximum Gasteiger partial charge on any atom is 0.122 e. The minimum absolute atomic E-state index is 0.615. The van der Waals surface area contributed by atoms with Gasteiger partial charge in [0.25, 0.3) is 0 Å². The van der Waals surface area contributed by atoms with Gasteiger partial charge in [0, 0.05) is 23.3 Å². The van der Waals surface area contributed by atoms with Crippen molar-refractivity contribution < 1.29 is 5.11 Å². The lowest BCUT2D eigenvalue weighted by molar-refractivity contribution is 0.208. The number of rotatable bonds is 3. The van der Waals surface area contributed by atoms with Crippen LogP contribution in [0.1, 0.15) is 29.8 Å². The summed E-state index contributed by atoms with van der Waals surface area (Å²) in [7, 11) is 0. The molecule has 1 unspecified atom stereocenters. The van der Waals surface area contributed by atoms with Crippen LogP contribution in [0, 0.1) is 6.92 Å². The predicted octanol–water partition coefficient (Wildman–Crippen LogP) is 2.95. The molecule has 0 aliphatic carbocycles. The third kappa shape index (κ3) is 2.21. The Kier molecular flexibility index (Phi) is 3.50. The van der Waals surface area contributed by atoms with E-state index in [1.54, 1.807) is 10.9 Å². The molecular weight excluding hydrogens is 236 g/mol. The zero-order chi connectivity index (χ0) is 12.4. The molecule has 1 aromatic carbocycles. The van der Waals surface area contributed by atoms with Crippen LogP contribution in [0.3, 0.4) is 0 Å². The molecule has 1 atom stereocenters. The second-order valence-electron chi connectivity index (χ2n) is 3.95. The lowest BCUT2D eigenvalue weighted by Gasteiger charge is -2.15. The molecule has 2 aromatic rings. The zero-order valence-corrected chi connectivity index (χ0v) is 10.6. The van der Waals surface area contributed by atoms with Gasteiger partial charge in [-0.15, -0.1) is 0 Å². The van der Waals surface area contributed by atoms with Gasteiger partial charge in [0.05, 0.1) is 5.69 Å². The van der Waals surface area contributed by atoms with Gasteiger partial charge in [-0.25, -0.2) is 0 Å². The number of halogens is 1. The van der Waals surface area contributed by atoms with Crippen LogP contribution in [0.4, 0.5) is 0 Å². The standard InChI is InChI=1S/C13H15ClN2O/c1-3-16-11(7-8-15-16)13(17)10-6-4-5-9(2)12(10)14/h4-8,13,17H,3H2,1-2H3. The molecule has 2 rings (SSSR count). The maximum absolute atomic E-state index is 10.4. The van der Waals surface area contributed by atoms with Gasteiger partial charge in [0.2, 0.25) is 0 Å². The number of aliphatic hydroxyl groups excluding tert-OH is 1. The first-order chi connectivity index (χ1) is 8.15. The molecular formula is C13H15ClN2O. The Hall–Kier alpha value is -1.32. The summed E-state index contributed by atoms with van der Waals surface area (Å²) in [6.07, 6.45) is 0.955. The number of aryl methyl sites for hydroxylation is 2. The number of benzene rings is 1. The van der Waals surface area contributed by atoms with Crippen LogP contribution in [-0.4, -0.2) is 14.9 Å². The fourth-order valence-corrected chi connectivity index (χ4v) is 2.11. The fourth-order valence-electron chi connectivity index (χ4n) is 1.88. The molecule has 17 heavy (non-hydrogen) atoms. The Bertz CT molecular complexity index is 522. The molecule has 0 saturated carbocycles. The molecule has 4 heteroatoms. The van der Waals surface area contributed by atoms with Crippen molar-refractivity contribution >= 4 is 11.6 Å². The SMILES string of the molecule is CCn1nccc1C(O)c1cccc(C)c1Cl. The molecule has 1 aromatic heterocycles. The van der Waals surface area contributed by atoms with E-state index in [2.05, 4.69) is 5.10 Å². The summed E-state index contributed by atoms with van der Waals surface area (Å²) < 4.78 is 1.77. The first-order valence-electron chi connectivity index (χ1n) is 5.60. The van der Waals surface area contributed by atoms with E-state index in [-0.39, 0.29) is 0 Å². The van der Waals surface area contributed by atoms with E-state index >= 15 is 0 Å². The fraction of sp³-hybridized carbons (Fsp3) is 0.308. The van der Waals surface area contributed by atoms with E-state index in [4.69, 9.17) is 11.6 Å². The van der Waals surface area contributed by atoms with E-state index in [0.29, 0.717) is 5.02 Å². The zero-order valence-electron chi connectivity index (χ0n) is 9.89. The third-order valence-corrected chi connectivity index (χ3v) is 3.36. The summed E-state index contributed by atoms with van der Waals surface area (Å²) in [6, 6.07) is 7.47. The average molecular weight is 251 g/mol. The highest BCUT2D eigenvalue weighted by atomic mass is 35.5. The molecule has 3 nitrogen and oxygen atoms in total. The molecule has 0 spiro atoms. The first-order valence-corrected chi connectivity index (χ1v) is 5.97. The number of hydrogen-bond acceptors (Lipinski definition) is 2. The summed E-state index contributed by atoms with van der Waals surface area (Å²) in [4.78, 5) is 0. The van der Waals surface area contributed by atoms with E-state index in [0.717, 1.165) is 23.4 Å². The van der Waals surface area contributed by atoms with Gasteiger partial charge in [-0.3, -0.25) is 4.68 Å². The Balaban J connectivity index is 2.44. The highest BCUT2D eigenvalue weighted by Gasteiger charge is 2.18. The van der Waals surface area contributed by atoms with Crippen molar-refractivity contribution in [3.8, 4) is 0 Å². The summed E-state index contributed by atoms with van der Waals surface area (Å²) in [5.74, 6) is 0. The van der Waals surface area contributed by atoms with Gasteiger partial charge in [-0.1, -0.05) is 29.8 Å². The second-order valence-corrected chi connectivity index (χ2v) is 4.33. The quantitative estimate of drug-likeness (QED) is 0.910. The van der Waals surface area contributed by atoms with Gasteiger partial charge < -0.3 is 5.11 Å². The van der Waals surface area contributed by atoms with Crippen molar-refractivity contribution in [3.05, 3.63) is 52.3 Å². The number of aromatic nitrogens is 2. The molecule has 0 aliphatic rings. The smallest absolute Gasteiger partial charge is 0.122 e. The van der Waals surface area contributed by atoms with Crippen molar-refractivity contribution in [2.24, 2.45) is 0 Å². The monoisotopic (exact) mass is 250 g/mol. The predicted molar refractivity (Wildman–Crippen MR) is 68.2 cm³/mol. The van der Waals surface area contributed by atoms with Crippen LogP contribution in [0.15, 0.2) is 30.5 Å². The van der Waals surface area contributed by atoms with Gasteiger partial charge >= 0.3 is 0 Å². The van der Waals surface area contributed by atoms with E-state index in [9.17, 15) is 5.11 Å². The molecule has 0 saturated heterocycles. The Morgan fingerprint density at radius 3 is 2.88 bits per heavy atom. The van der Waals surface area contributed by atoms with Crippen LogP contribution in [-0.2, 0) is 6.54 Å². The van der Waals surface area contributed by atoms with Crippen molar-refractivity contribution in [1.82, 2.24) is 9.78 Å². The average Bonchev–Trinajstić information content (AvgIpc) is 2.80. The summed E-state index contributed by atoms with van der Waals surface area (Å²) >= 11 is 6.21. The maximum atomic E-state index is 10.4. The van der Waals surface area contributed by atoms with Crippen LogP contribution < -0.4 is 0 Å². The Morgan fingerprint density at radius 1 is 1.41 bits per heavy atom. The number of hydrogen-bond donors (Lipinski definition) is 1. The first kappa shape index (κ1) is 12.1. The van der Waals surface area contributed by atoms with Gasteiger partial charge in [0.1, 0.15) is 6.10 Å². The number of nitrogens with zero attached hydrogens (tertiary/aromatic N) is 2. The molecule has 90 valence electrons. The number of aliphatic hydroxyl groups is 1. The largest absolute Gasteiger partial charge is 0.382 e. The molecule has 1 heterocycles. The molecule has 0 bridgehead atoms. The van der Waals surface area contributed by atoms with E-state index < -0.39 is 6.10 Å². The second kappa shape index (κ2) is 4.90. The highest BCUT2D eigenvalue weighted by molar-refractivity contribution is 6.32. The van der Waals surface area contributed by atoms with Crippen molar-refractivity contribution in [1.29, 1.82) is 0 Å². The molecule has 1 N–H and O–H groups in total. The molecule has 0 fully saturated rings. The van der Waals surface area contributed by atoms with E-state index in [1.807, 2.05) is 38.1 Å². The lowest BCUT2D eigenvalue weighted by atomic mass is 10.0. The van der Waals surface area contributed by atoms with Gasteiger partial charge in [-0.05, 0) is 25.5 Å². The van der Waals surface area contributed by atoms with Gasteiger partial charge in [-0.2, -0.15) is 5.10 Å². The van der Waals surface area contributed by atoms with E-state index in [1.165, 1.54) is 0 Å². The lowest BCUT2D eigenvalue weighted by Crippen LogP contribution is -2.09.